The molecule has 7 nitrogen and oxygen atoms in total. The van der Waals surface area contributed by atoms with Crippen molar-refractivity contribution in [2.24, 2.45) is 7.05 Å². The topological polar surface area (TPSA) is 79.9 Å². The first kappa shape index (κ1) is 17.2. The minimum Gasteiger partial charge on any atom is -0.377 e. The molecular formula is C17H17ClN6OS. The summed E-state index contributed by atoms with van der Waals surface area (Å²) in [4.78, 5) is 11.2. The maximum atomic E-state index is 9.47. The number of anilines is 1. The molecule has 3 aromatic heterocycles. The predicted molar refractivity (Wildman–Crippen MR) is 102 cm³/mol. The number of nitrogens with zero attached hydrogens (tertiary/aromatic N) is 6. The summed E-state index contributed by atoms with van der Waals surface area (Å²) in [5.74, 6) is 0.826. The molecule has 0 bridgehead atoms. The first-order valence-electron chi connectivity index (χ1n) is 8.24. The first-order valence-corrected chi connectivity index (χ1v) is 9.50. The normalized spacial score (nSPS) is 17.7. The number of aromatic nitrogens is 4. The van der Waals surface area contributed by atoms with Crippen molar-refractivity contribution in [1.29, 1.82) is 5.26 Å². The highest BCUT2D eigenvalue weighted by atomic mass is 35.5. The van der Waals surface area contributed by atoms with Gasteiger partial charge in [0, 0.05) is 35.8 Å². The molecule has 0 aromatic carbocycles. The molecular weight excluding hydrogens is 372 g/mol. The van der Waals surface area contributed by atoms with Gasteiger partial charge in [-0.1, -0.05) is 0 Å². The highest BCUT2D eigenvalue weighted by molar-refractivity contribution is 7.18. The molecule has 26 heavy (non-hydrogen) atoms. The Kier molecular flexibility index (Phi) is 4.31. The maximum absolute atomic E-state index is 9.47. The fraction of sp³-hybridized carbons (Fsp3) is 0.412. The largest absolute Gasteiger partial charge is 0.377 e. The van der Waals surface area contributed by atoms with Gasteiger partial charge in [-0.05, 0) is 25.4 Å². The lowest BCUT2D eigenvalue weighted by molar-refractivity contribution is 0.0987. The molecule has 0 N–H and O–H groups in total. The Hall–Kier alpha value is -2.21. The zero-order valence-electron chi connectivity index (χ0n) is 14.7. The van der Waals surface area contributed by atoms with Gasteiger partial charge < -0.3 is 9.64 Å². The highest BCUT2D eigenvalue weighted by Gasteiger charge is 2.26. The lowest BCUT2D eigenvalue weighted by atomic mass is 10.1. The third-order valence-corrected chi connectivity index (χ3v) is 5.85. The summed E-state index contributed by atoms with van der Waals surface area (Å²) in [6, 6.07) is 2.39. The van der Waals surface area contributed by atoms with E-state index in [1.54, 1.807) is 16.0 Å². The van der Waals surface area contributed by atoms with Crippen LogP contribution >= 0.6 is 22.9 Å². The fourth-order valence-electron chi connectivity index (χ4n) is 3.30. The van der Waals surface area contributed by atoms with E-state index in [9.17, 15) is 5.26 Å². The van der Waals surface area contributed by atoms with Crippen LogP contribution in [0.5, 0.6) is 0 Å². The van der Waals surface area contributed by atoms with Crippen LogP contribution in [0.3, 0.4) is 0 Å². The number of hydrogen-bond acceptors (Lipinski definition) is 7. The van der Waals surface area contributed by atoms with Gasteiger partial charge in [-0.25, -0.2) is 4.98 Å². The molecule has 0 amide bonds. The standard InChI is InChI=1S/C17H17ClN6OS/c1-9-7-25-5-4-24(9)16-15-14(20-17(18)21-16)11(8-26-15)13-10(2)23(3)22-12(13)6-19/h8-9H,4-5,7H2,1-3H3/t9-/m1/s1. The maximum Gasteiger partial charge on any atom is 0.224 e. The van der Waals surface area contributed by atoms with E-state index in [1.807, 2.05) is 19.4 Å². The average molecular weight is 389 g/mol. The molecule has 0 radical (unpaired) electrons. The van der Waals surface area contributed by atoms with Gasteiger partial charge in [-0.3, -0.25) is 4.68 Å². The molecule has 4 rings (SSSR count). The van der Waals surface area contributed by atoms with Gasteiger partial charge in [0.25, 0.3) is 0 Å². The number of fused-ring (bicyclic) bond motifs is 1. The molecule has 1 saturated heterocycles. The Morgan fingerprint density at radius 2 is 2.23 bits per heavy atom. The first-order chi connectivity index (χ1) is 12.5. The molecule has 3 aromatic rings. The van der Waals surface area contributed by atoms with Crippen LogP contribution in [0, 0.1) is 18.3 Å². The van der Waals surface area contributed by atoms with Crippen molar-refractivity contribution in [2.75, 3.05) is 24.7 Å². The zero-order chi connectivity index (χ0) is 18.4. The van der Waals surface area contributed by atoms with Gasteiger partial charge in [-0.15, -0.1) is 11.3 Å². The number of thiophene rings is 1. The monoisotopic (exact) mass is 388 g/mol. The fourth-order valence-corrected chi connectivity index (χ4v) is 4.46. The summed E-state index contributed by atoms with van der Waals surface area (Å²) in [5.41, 5.74) is 3.74. The van der Waals surface area contributed by atoms with Crippen molar-refractivity contribution >= 4 is 39.0 Å². The molecule has 0 unspecified atom stereocenters. The summed E-state index contributed by atoms with van der Waals surface area (Å²) in [6.07, 6.45) is 0. The number of rotatable bonds is 2. The van der Waals surface area contributed by atoms with Crippen LogP contribution in [-0.2, 0) is 11.8 Å². The Bertz CT molecular complexity index is 1040. The molecule has 1 aliphatic rings. The molecule has 0 aliphatic carbocycles. The minimum atomic E-state index is 0.200. The average Bonchev–Trinajstić information content (AvgIpc) is 3.15. The van der Waals surface area contributed by atoms with Crippen molar-refractivity contribution in [3.05, 3.63) is 22.1 Å². The van der Waals surface area contributed by atoms with Crippen LogP contribution in [0.25, 0.3) is 21.3 Å². The molecule has 1 fully saturated rings. The van der Waals surface area contributed by atoms with E-state index < -0.39 is 0 Å². The number of nitriles is 1. The van der Waals surface area contributed by atoms with Gasteiger partial charge in [0.05, 0.1) is 29.5 Å². The van der Waals surface area contributed by atoms with Crippen LogP contribution in [0.4, 0.5) is 5.82 Å². The third kappa shape index (κ3) is 2.63. The number of aryl methyl sites for hydroxylation is 1. The van der Waals surface area contributed by atoms with Crippen molar-refractivity contribution in [2.45, 2.75) is 19.9 Å². The third-order valence-electron chi connectivity index (χ3n) is 4.72. The van der Waals surface area contributed by atoms with E-state index >= 15 is 0 Å². The Labute approximate surface area is 159 Å². The molecule has 0 spiro atoms. The van der Waals surface area contributed by atoms with Crippen molar-refractivity contribution < 1.29 is 4.74 Å². The molecule has 1 aliphatic heterocycles. The predicted octanol–water partition coefficient (Wildman–Crippen LogP) is 3.15. The smallest absolute Gasteiger partial charge is 0.224 e. The van der Waals surface area contributed by atoms with Crippen LogP contribution in [0.2, 0.25) is 5.28 Å². The van der Waals surface area contributed by atoms with Gasteiger partial charge in [0.15, 0.2) is 11.5 Å². The van der Waals surface area contributed by atoms with Crippen LogP contribution in [0.15, 0.2) is 5.38 Å². The summed E-state index contributed by atoms with van der Waals surface area (Å²) >= 11 is 7.83. The van der Waals surface area contributed by atoms with Crippen molar-refractivity contribution in [1.82, 2.24) is 19.7 Å². The quantitative estimate of drug-likeness (QED) is 0.627. The molecule has 1 atom stereocenters. The summed E-state index contributed by atoms with van der Waals surface area (Å²) < 4.78 is 8.21. The lowest BCUT2D eigenvalue weighted by Gasteiger charge is -2.34. The molecule has 9 heteroatoms. The van der Waals surface area contributed by atoms with E-state index in [0.29, 0.717) is 18.9 Å². The van der Waals surface area contributed by atoms with Crippen molar-refractivity contribution in [3.63, 3.8) is 0 Å². The number of morpholine rings is 1. The summed E-state index contributed by atoms with van der Waals surface area (Å²) in [5, 5.41) is 16.0. The Morgan fingerprint density at radius 3 is 2.96 bits per heavy atom. The zero-order valence-corrected chi connectivity index (χ0v) is 16.2. The Balaban J connectivity index is 1.94. The highest BCUT2D eigenvalue weighted by Crippen LogP contribution is 2.40. The summed E-state index contributed by atoms with van der Waals surface area (Å²) in [6.45, 7) is 6.12. The second-order valence-corrected chi connectivity index (χ2v) is 7.52. The van der Waals surface area contributed by atoms with Gasteiger partial charge >= 0.3 is 0 Å². The minimum absolute atomic E-state index is 0.200. The molecule has 4 heterocycles. The van der Waals surface area contributed by atoms with E-state index in [2.05, 4.69) is 33.0 Å². The van der Waals surface area contributed by atoms with Crippen LogP contribution in [-0.4, -0.2) is 45.5 Å². The van der Waals surface area contributed by atoms with E-state index in [4.69, 9.17) is 16.3 Å². The number of hydrogen-bond donors (Lipinski definition) is 0. The van der Waals surface area contributed by atoms with Gasteiger partial charge in [0.1, 0.15) is 6.07 Å². The number of halogens is 1. The lowest BCUT2D eigenvalue weighted by Crippen LogP contribution is -2.44. The number of ether oxygens (including phenoxy) is 1. The molecule has 134 valence electrons. The van der Waals surface area contributed by atoms with Gasteiger partial charge in [0.2, 0.25) is 5.28 Å². The van der Waals surface area contributed by atoms with Crippen molar-refractivity contribution in [3.8, 4) is 17.2 Å². The second-order valence-electron chi connectivity index (χ2n) is 6.31. The summed E-state index contributed by atoms with van der Waals surface area (Å²) in [7, 11) is 1.83. The second kappa shape index (κ2) is 6.50. The van der Waals surface area contributed by atoms with E-state index in [-0.39, 0.29) is 11.3 Å². The van der Waals surface area contributed by atoms with Crippen LogP contribution < -0.4 is 4.90 Å². The van der Waals surface area contributed by atoms with Gasteiger partial charge in [-0.2, -0.15) is 15.3 Å². The van der Waals surface area contributed by atoms with E-state index in [1.165, 1.54) is 0 Å². The molecule has 0 saturated carbocycles. The Morgan fingerprint density at radius 1 is 1.42 bits per heavy atom. The van der Waals surface area contributed by atoms with E-state index in [0.717, 1.165) is 39.4 Å². The SMILES string of the molecule is Cc1c(-c2csc3c(N4CCOC[C@H]4C)nc(Cl)nc23)c(C#N)nn1C. The van der Waals surface area contributed by atoms with Crippen LogP contribution in [0.1, 0.15) is 18.3 Å².